The zero-order valence-corrected chi connectivity index (χ0v) is 21.4. The molecule has 1 atom stereocenters. The van der Waals surface area contributed by atoms with Gasteiger partial charge >= 0.3 is 6.03 Å². The van der Waals surface area contributed by atoms with Crippen molar-refractivity contribution in [2.45, 2.75) is 37.3 Å². The molecule has 0 radical (unpaired) electrons. The number of nitrogens with zero attached hydrogens (tertiary/aromatic N) is 6. The molecule has 10 nitrogen and oxygen atoms in total. The lowest BCUT2D eigenvalue weighted by Crippen LogP contribution is -2.58. The van der Waals surface area contributed by atoms with E-state index in [9.17, 15) is 26.4 Å². The summed E-state index contributed by atoms with van der Waals surface area (Å²) in [4.78, 5) is 18.5. The molecule has 1 aromatic carbocycles. The molecule has 2 aromatic heterocycles. The molecule has 0 spiro atoms. The number of benzene rings is 1. The molecule has 1 saturated heterocycles. The summed E-state index contributed by atoms with van der Waals surface area (Å²) in [5.41, 5.74) is 0.904. The molecular formula is C24H23F3N6O4S. The summed E-state index contributed by atoms with van der Waals surface area (Å²) < 4.78 is 73.1. The first-order valence-electron chi connectivity index (χ1n) is 11.6. The van der Waals surface area contributed by atoms with Crippen LogP contribution in [0.15, 0.2) is 40.5 Å². The second-order valence-electron chi connectivity index (χ2n) is 9.18. The van der Waals surface area contributed by atoms with Gasteiger partial charge in [-0.1, -0.05) is 0 Å². The molecule has 2 aliphatic rings. The van der Waals surface area contributed by atoms with E-state index in [0.29, 0.717) is 12.1 Å². The largest absolute Gasteiger partial charge is 0.483 e. The quantitative estimate of drug-likeness (QED) is 0.484. The van der Waals surface area contributed by atoms with Gasteiger partial charge in [-0.15, -0.1) is 0 Å². The summed E-state index contributed by atoms with van der Waals surface area (Å²) in [5.74, 6) is -2.19. The van der Waals surface area contributed by atoms with Crippen molar-refractivity contribution >= 4 is 22.1 Å². The van der Waals surface area contributed by atoms with Crippen LogP contribution in [0.2, 0.25) is 0 Å². The lowest BCUT2D eigenvalue weighted by atomic mass is 10.0. The Hall–Kier alpha value is -3.94. The molecule has 0 N–H and O–H groups in total. The van der Waals surface area contributed by atoms with E-state index in [4.69, 9.17) is 4.74 Å². The summed E-state index contributed by atoms with van der Waals surface area (Å²) in [5, 5.41) is 9.47. The average molecular weight is 549 g/mol. The highest BCUT2D eigenvalue weighted by atomic mass is 32.2. The number of hydrogen-bond acceptors (Lipinski definition) is 7. The van der Waals surface area contributed by atoms with E-state index in [0.717, 1.165) is 35.7 Å². The van der Waals surface area contributed by atoms with Crippen molar-refractivity contribution in [3.63, 3.8) is 0 Å². The van der Waals surface area contributed by atoms with Crippen LogP contribution in [-0.4, -0.2) is 70.8 Å². The minimum absolute atomic E-state index is 0.0723. The number of hydrogen-bond donors (Lipinski definition) is 0. The fraction of sp³-hybridized carbons (Fsp3) is 0.333. The molecule has 0 saturated carbocycles. The Kier molecular flexibility index (Phi) is 6.37. The van der Waals surface area contributed by atoms with Crippen LogP contribution in [0.5, 0.6) is 5.75 Å². The number of carbonyl (C=O) groups is 1. The van der Waals surface area contributed by atoms with E-state index in [-0.39, 0.29) is 40.8 Å². The lowest BCUT2D eigenvalue weighted by molar-refractivity contribution is 0.0256. The number of rotatable bonds is 5. The maximum atomic E-state index is 14.5. The first-order chi connectivity index (χ1) is 17.9. The van der Waals surface area contributed by atoms with Crippen molar-refractivity contribution in [3.8, 4) is 11.6 Å². The zero-order valence-electron chi connectivity index (χ0n) is 20.6. The molecule has 0 aliphatic carbocycles. The number of hydrazone groups is 1. The van der Waals surface area contributed by atoms with Gasteiger partial charge in [0.15, 0.2) is 27.2 Å². The Morgan fingerprint density at radius 3 is 2.39 bits per heavy atom. The Balaban J connectivity index is 1.27. The van der Waals surface area contributed by atoms with Gasteiger partial charge in [-0.25, -0.2) is 41.1 Å². The van der Waals surface area contributed by atoms with Crippen LogP contribution >= 0.6 is 0 Å². The summed E-state index contributed by atoms with van der Waals surface area (Å²) in [6.07, 6.45) is 3.30. The van der Waals surface area contributed by atoms with Crippen molar-refractivity contribution in [1.29, 1.82) is 0 Å². The Morgan fingerprint density at radius 2 is 1.76 bits per heavy atom. The van der Waals surface area contributed by atoms with Gasteiger partial charge in [0, 0.05) is 31.0 Å². The highest BCUT2D eigenvalue weighted by Crippen LogP contribution is 2.32. The molecular weight excluding hydrogens is 525 g/mol. The monoisotopic (exact) mass is 548 g/mol. The molecule has 200 valence electrons. The van der Waals surface area contributed by atoms with Gasteiger partial charge in [-0.2, -0.15) is 10.2 Å². The van der Waals surface area contributed by atoms with Crippen molar-refractivity contribution in [2.24, 2.45) is 5.10 Å². The number of sulfone groups is 1. The van der Waals surface area contributed by atoms with Gasteiger partial charge in [0.1, 0.15) is 22.6 Å². The lowest BCUT2D eigenvalue weighted by Gasteiger charge is -2.41. The van der Waals surface area contributed by atoms with Crippen LogP contribution in [0, 0.1) is 31.3 Å². The third kappa shape index (κ3) is 4.71. The van der Waals surface area contributed by atoms with Crippen LogP contribution in [0.3, 0.4) is 0 Å². The summed E-state index contributed by atoms with van der Waals surface area (Å²) in [6.45, 7) is 3.39. The van der Waals surface area contributed by atoms with E-state index in [1.54, 1.807) is 13.8 Å². The van der Waals surface area contributed by atoms with E-state index < -0.39 is 45.5 Å². The van der Waals surface area contributed by atoms with Crippen LogP contribution < -0.4 is 4.74 Å². The third-order valence-corrected chi connectivity index (χ3v) is 7.66. The van der Waals surface area contributed by atoms with E-state index in [2.05, 4.69) is 15.2 Å². The second kappa shape index (κ2) is 9.42. The first-order valence-corrected chi connectivity index (χ1v) is 13.5. The highest BCUT2D eigenvalue weighted by Gasteiger charge is 2.39. The van der Waals surface area contributed by atoms with E-state index in [1.165, 1.54) is 21.9 Å². The summed E-state index contributed by atoms with van der Waals surface area (Å²) in [7, 11) is -3.54. The van der Waals surface area contributed by atoms with Crippen LogP contribution in [0.25, 0.3) is 5.82 Å². The smallest absolute Gasteiger partial charge is 0.341 e. The number of pyridine rings is 1. The number of likely N-dealkylation sites (tertiary alicyclic amines) is 1. The Morgan fingerprint density at radius 1 is 1.08 bits per heavy atom. The van der Waals surface area contributed by atoms with Gasteiger partial charge in [0.25, 0.3) is 0 Å². The second-order valence-corrected chi connectivity index (χ2v) is 11.1. The van der Waals surface area contributed by atoms with Crippen molar-refractivity contribution < 1.29 is 31.1 Å². The molecule has 0 bridgehead atoms. The number of amides is 2. The average Bonchev–Trinajstić information content (AvgIpc) is 3.40. The van der Waals surface area contributed by atoms with E-state index >= 15 is 0 Å². The molecule has 14 heteroatoms. The number of aryl methyl sites for hydroxylation is 1. The Bertz CT molecular complexity index is 1550. The minimum atomic E-state index is -3.54. The standard InChI is InChI=1S/C24H23F3N6O4S/c1-13-23(38(3,35)36)14(2)32(30-13)22-9-21(19(27)10-28-22)37-18-11-31(12-18)24(34)33-20(4-5-29-33)15-6-16(25)8-17(26)7-15/h5-10,18,20H,4,11-12H2,1-3H3. The number of aromatic nitrogens is 3. The SMILES string of the molecule is Cc1nn(-c2cc(OC3CN(C(=O)N4N=CCC4c4cc(F)cc(F)c4)C3)c(F)cn2)c(C)c1S(C)(=O)=O. The molecule has 3 aromatic rings. The van der Waals surface area contributed by atoms with Crippen molar-refractivity contribution in [1.82, 2.24) is 24.7 Å². The number of halogens is 3. The normalized spacial score (nSPS) is 17.7. The van der Waals surface area contributed by atoms with Gasteiger partial charge in [-0.3, -0.25) is 0 Å². The van der Waals surface area contributed by atoms with Crippen molar-refractivity contribution in [2.75, 3.05) is 19.3 Å². The fourth-order valence-corrected chi connectivity index (χ4v) is 5.84. The van der Waals surface area contributed by atoms with Gasteiger partial charge < -0.3 is 9.64 Å². The molecule has 2 amide bonds. The Labute approximate surface area is 216 Å². The molecule has 38 heavy (non-hydrogen) atoms. The molecule has 2 aliphatic heterocycles. The zero-order chi connectivity index (χ0) is 27.4. The van der Waals surface area contributed by atoms with Gasteiger partial charge in [0.2, 0.25) is 0 Å². The molecule has 4 heterocycles. The number of urea groups is 1. The highest BCUT2D eigenvalue weighted by molar-refractivity contribution is 7.90. The third-order valence-electron chi connectivity index (χ3n) is 6.33. The molecule has 1 fully saturated rings. The van der Waals surface area contributed by atoms with Crippen LogP contribution in [-0.2, 0) is 9.84 Å². The number of carbonyl (C=O) groups excluding carboxylic acids is 1. The van der Waals surface area contributed by atoms with Crippen LogP contribution in [0.1, 0.15) is 29.4 Å². The molecule has 1 unspecified atom stereocenters. The minimum Gasteiger partial charge on any atom is -0.483 e. The van der Waals surface area contributed by atoms with Gasteiger partial charge in [-0.05, 0) is 31.5 Å². The van der Waals surface area contributed by atoms with Crippen LogP contribution in [0.4, 0.5) is 18.0 Å². The topological polar surface area (TPSA) is 110 Å². The summed E-state index contributed by atoms with van der Waals surface area (Å²) >= 11 is 0. The fourth-order valence-electron chi connectivity index (χ4n) is 4.64. The number of ether oxygens (including phenoxy) is 1. The predicted molar refractivity (Wildman–Crippen MR) is 129 cm³/mol. The van der Waals surface area contributed by atoms with Gasteiger partial charge in [0.05, 0.1) is 36.7 Å². The summed E-state index contributed by atoms with van der Waals surface area (Å²) in [6, 6.07) is 3.27. The van der Waals surface area contributed by atoms with Crippen molar-refractivity contribution in [3.05, 3.63) is 64.9 Å². The van der Waals surface area contributed by atoms with E-state index in [1.807, 2.05) is 0 Å². The predicted octanol–water partition coefficient (Wildman–Crippen LogP) is 3.32. The maximum Gasteiger partial charge on any atom is 0.341 e. The molecule has 5 rings (SSSR count). The maximum absolute atomic E-state index is 14.5. The first kappa shape index (κ1) is 25.7.